The Hall–Kier alpha value is -1.50. The molecule has 0 bridgehead atoms. The Morgan fingerprint density at radius 3 is 2.43 bits per heavy atom. The maximum Gasteiger partial charge on any atom is 0.136 e. The fraction of sp³-hybridized carbons (Fsp3) is 0.231. The molecule has 1 aromatic carbocycles. The first-order valence-electron chi connectivity index (χ1n) is 4.84. The van der Waals surface area contributed by atoms with Gasteiger partial charge in [0.15, 0.2) is 0 Å². The van der Waals surface area contributed by atoms with Crippen molar-refractivity contribution in [3.63, 3.8) is 0 Å². The van der Waals surface area contributed by atoms with Gasteiger partial charge in [-0.15, -0.1) is 0 Å². The molecule has 1 nitrogen and oxygen atoms in total. The predicted octanol–water partition coefficient (Wildman–Crippen LogP) is 3.18. The SMILES string of the molecule is Cc1ccc(OC2C=CC=C2)c(C)c1. The van der Waals surface area contributed by atoms with Gasteiger partial charge < -0.3 is 4.74 Å². The van der Waals surface area contributed by atoms with Crippen LogP contribution in [-0.4, -0.2) is 6.10 Å². The first-order chi connectivity index (χ1) is 6.75. The van der Waals surface area contributed by atoms with Crippen LogP contribution in [0.3, 0.4) is 0 Å². The van der Waals surface area contributed by atoms with Crippen molar-refractivity contribution in [2.24, 2.45) is 0 Å². The molecule has 0 N–H and O–H groups in total. The highest BCUT2D eigenvalue weighted by molar-refractivity contribution is 5.37. The highest BCUT2D eigenvalue weighted by Gasteiger charge is 2.06. The molecule has 1 aromatic rings. The zero-order valence-electron chi connectivity index (χ0n) is 8.53. The summed E-state index contributed by atoms with van der Waals surface area (Å²) in [6.45, 7) is 4.16. The van der Waals surface area contributed by atoms with Crippen molar-refractivity contribution >= 4 is 0 Å². The van der Waals surface area contributed by atoms with Crippen molar-refractivity contribution < 1.29 is 4.74 Å². The molecule has 0 atom stereocenters. The summed E-state index contributed by atoms with van der Waals surface area (Å²) in [6.07, 6.45) is 8.21. The number of aryl methyl sites for hydroxylation is 2. The van der Waals surface area contributed by atoms with Gasteiger partial charge in [0.05, 0.1) is 0 Å². The van der Waals surface area contributed by atoms with Gasteiger partial charge in [0.1, 0.15) is 11.9 Å². The van der Waals surface area contributed by atoms with Crippen molar-refractivity contribution in [1.82, 2.24) is 0 Å². The molecule has 0 heterocycles. The number of ether oxygens (including phenoxy) is 1. The van der Waals surface area contributed by atoms with Gasteiger partial charge in [-0.1, -0.05) is 29.8 Å². The molecule has 0 fully saturated rings. The van der Waals surface area contributed by atoms with Crippen molar-refractivity contribution in [1.29, 1.82) is 0 Å². The Morgan fingerprint density at radius 2 is 1.79 bits per heavy atom. The highest BCUT2D eigenvalue weighted by atomic mass is 16.5. The summed E-state index contributed by atoms with van der Waals surface area (Å²) < 4.78 is 5.79. The van der Waals surface area contributed by atoms with Crippen LogP contribution in [0.15, 0.2) is 42.5 Å². The Balaban J connectivity index is 2.16. The molecule has 0 unspecified atom stereocenters. The molecule has 0 spiro atoms. The van der Waals surface area contributed by atoms with Crippen molar-refractivity contribution in [3.05, 3.63) is 53.6 Å². The van der Waals surface area contributed by atoms with E-state index in [0.717, 1.165) is 5.75 Å². The molecular formula is C13H14O. The van der Waals surface area contributed by atoms with Crippen LogP contribution in [-0.2, 0) is 0 Å². The lowest BCUT2D eigenvalue weighted by molar-refractivity contribution is 0.296. The fourth-order valence-electron chi connectivity index (χ4n) is 1.57. The summed E-state index contributed by atoms with van der Waals surface area (Å²) in [6, 6.07) is 6.24. The normalized spacial score (nSPS) is 15.0. The zero-order chi connectivity index (χ0) is 9.97. The van der Waals surface area contributed by atoms with Crippen molar-refractivity contribution in [2.75, 3.05) is 0 Å². The largest absolute Gasteiger partial charge is 0.482 e. The maximum absolute atomic E-state index is 5.79. The van der Waals surface area contributed by atoms with Crippen LogP contribution >= 0.6 is 0 Å². The van der Waals surface area contributed by atoms with E-state index in [9.17, 15) is 0 Å². The topological polar surface area (TPSA) is 9.23 Å². The molecule has 0 amide bonds. The van der Waals surface area contributed by atoms with E-state index in [4.69, 9.17) is 4.74 Å². The van der Waals surface area contributed by atoms with Gasteiger partial charge in [0, 0.05) is 0 Å². The molecule has 0 aliphatic heterocycles. The highest BCUT2D eigenvalue weighted by Crippen LogP contribution is 2.21. The second-order valence-electron chi connectivity index (χ2n) is 3.62. The van der Waals surface area contributed by atoms with Gasteiger partial charge in [-0.25, -0.2) is 0 Å². The summed E-state index contributed by atoms with van der Waals surface area (Å²) in [5, 5.41) is 0. The second-order valence-corrected chi connectivity index (χ2v) is 3.62. The van der Waals surface area contributed by atoms with Crippen LogP contribution in [0.2, 0.25) is 0 Å². The van der Waals surface area contributed by atoms with Crippen LogP contribution in [0.1, 0.15) is 11.1 Å². The standard InChI is InChI=1S/C13H14O/c1-10-7-8-13(11(2)9-10)14-12-5-3-4-6-12/h3-9,12H,1-2H3. The van der Waals surface area contributed by atoms with E-state index in [2.05, 4.69) is 26.0 Å². The minimum Gasteiger partial charge on any atom is -0.482 e. The average molecular weight is 186 g/mol. The second kappa shape index (κ2) is 3.70. The molecule has 0 radical (unpaired) electrons. The monoisotopic (exact) mass is 186 g/mol. The number of allylic oxidation sites excluding steroid dienone is 2. The third-order valence-corrected chi connectivity index (χ3v) is 2.31. The number of rotatable bonds is 2. The fourth-order valence-corrected chi connectivity index (χ4v) is 1.57. The quantitative estimate of drug-likeness (QED) is 0.689. The van der Waals surface area contributed by atoms with Crippen LogP contribution in [0.4, 0.5) is 0 Å². The molecule has 0 saturated heterocycles. The van der Waals surface area contributed by atoms with Crippen molar-refractivity contribution in [3.8, 4) is 5.75 Å². The van der Waals surface area contributed by atoms with E-state index in [1.807, 2.05) is 30.4 Å². The lowest BCUT2D eigenvalue weighted by Gasteiger charge is -2.12. The summed E-state index contributed by atoms with van der Waals surface area (Å²) in [5.74, 6) is 0.969. The molecule has 2 rings (SSSR count). The maximum atomic E-state index is 5.79. The summed E-state index contributed by atoms with van der Waals surface area (Å²) in [4.78, 5) is 0. The molecule has 72 valence electrons. The van der Waals surface area contributed by atoms with Gasteiger partial charge in [0.25, 0.3) is 0 Å². The first-order valence-corrected chi connectivity index (χ1v) is 4.84. The molecule has 0 aromatic heterocycles. The lowest BCUT2D eigenvalue weighted by Crippen LogP contribution is -2.08. The van der Waals surface area contributed by atoms with E-state index >= 15 is 0 Å². The van der Waals surface area contributed by atoms with Gasteiger partial charge in [0.2, 0.25) is 0 Å². The Kier molecular flexibility index (Phi) is 2.40. The summed E-state index contributed by atoms with van der Waals surface area (Å²) in [5.41, 5.74) is 2.46. The Morgan fingerprint density at radius 1 is 1.07 bits per heavy atom. The van der Waals surface area contributed by atoms with Crippen LogP contribution in [0.5, 0.6) is 5.75 Å². The molecule has 14 heavy (non-hydrogen) atoms. The average Bonchev–Trinajstić information content (AvgIpc) is 2.62. The minimum absolute atomic E-state index is 0.108. The zero-order valence-corrected chi connectivity index (χ0v) is 8.53. The van der Waals surface area contributed by atoms with Gasteiger partial charge >= 0.3 is 0 Å². The van der Waals surface area contributed by atoms with E-state index < -0.39 is 0 Å². The van der Waals surface area contributed by atoms with Gasteiger partial charge in [-0.3, -0.25) is 0 Å². The molecule has 1 aliphatic rings. The summed E-state index contributed by atoms with van der Waals surface area (Å²) >= 11 is 0. The summed E-state index contributed by atoms with van der Waals surface area (Å²) in [7, 11) is 0. The number of hydrogen-bond donors (Lipinski definition) is 0. The minimum atomic E-state index is 0.108. The van der Waals surface area contributed by atoms with E-state index in [1.165, 1.54) is 11.1 Å². The third-order valence-electron chi connectivity index (χ3n) is 2.31. The van der Waals surface area contributed by atoms with Crippen LogP contribution in [0, 0.1) is 13.8 Å². The third kappa shape index (κ3) is 1.87. The predicted molar refractivity (Wildman–Crippen MR) is 58.6 cm³/mol. The Labute approximate surface area is 84.7 Å². The van der Waals surface area contributed by atoms with Gasteiger partial charge in [-0.05, 0) is 37.6 Å². The lowest BCUT2D eigenvalue weighted by atomic mass is 10.1. The molecular weight excluding hydrogens is 172 g/mol. The van der Waals surface area contributed by atoms with E-state index in [1.54, 1.807) is 0 Å². The van der Waals surface area contributed by atoms with Gasteiger partial charge in [-0.2, -0.15) is 0 Å². The molecule has 1 heteroatoms. The molecule has 1 aliphatic carbocycles. The molecule has 0 saturated carbocycles. The van der Waals surface area contributed by atoms with Crippen LogP contribution < -0.4 is 4.74 Å². The smallest absolute Gasteiger partial charge is 0.136 e. The van der Waals surface area contributed by atoms with Crippen LogP contribution in [0.25, 0.3) is 0 Å². The number of benzene rings is 1. The number of hydrogen-bond acceptors (Lipinski definition) is 1. The Bertz CT molecular complexity index is 376. The van der Waals surface area contributed by atoms with E-state index in [0.29, 0.717) is 0 Å². The first kappa shape index (κ1) is 9.07. The van der Waals surface area contributed by atoms with E-state index in [-0.39, 0.29) is 6.10 Å². The van der Waals surface area contributed by atoms with Crippen molar-refractivity contribution in [2.45, 2.75) is 20.0 Å².